The number of rotatable bonds is 6. The Balaban J connectivity index is 1.34. The number of aliphatic hydroxyl groups is 2. The van der Waals surface area contributed by atoms with Crippen LogP contribution in [0.15, 0.2) is 41.9 Å². The second-order valence-electron chi connectivity index (χ2n) is 10.6. The van der Waals surface area contributed by atoms with Gasteiger partial charge in [0.15, 0.2) is 0 Å². The zero-order valence-corrected chi connectivity index (χ0v) is 22.9. The summed E-state index contributed by atoms with van der Waals surface area (Å²) >= 11 is 7.80. The quantitative estimate of drug-likeness (QED) is 0.304. The fraction of sp³-hybridized carbons (Fsp3) is 0.464. The van der Waals surface area contributed by atoms with E-state index in [0.29, 0.717) is 23.4 Å². The Labute approximate surface area is 231 Å². The number of aliphatic hydroxyl groups excluding tert-OH is 2. The molecule has 4 N–H and O–H groups in total. The maximum absolute atomic E-state index is 11.3. The predicted octanol–water partition coefficient (Wildman–Crippen LogP) is 4.40. The molecule has 0 unspecified atom stereocenters. The lowest BCUT2D eigenvalue weighted by Gasteiger charge is -2.35. The van der Waals surface area contributed by atoms with Crippen molar-refractivity contribution in [1.82, 2.24) is 24.4 Å². The smallest absolute Gasteiger partial charge is 0.226 e. The number of aromatic nitrogens is 4. The highest BCUT2D eigenvalue weighted by atomic mass is 35.5. The van der Waals surface area contributed by atoms with Crippen LogP contribution < -0.4 is 5.73 Å². The number of fused-ring (bicyclic) bond motifs is 1. The van der Waals surface area contributed by atoms with Crippen molar-refractivity contribution in [3.63, 3.8) is 0 Å². The van der Waals surface area contributed by atoms with E-state index < -0.39 is 12.2 Å². The summed E-state index contributed by atoms with van der Waals surface area (Å²) in [6.07, 6.45) is 3.74. The van der Waals surface area contributed by atoms with Crippen molar-refractivity contribution in [3.8, 4) is 10.6 Å². The molecule has 4 aromatic rings. The van der Waals surface area contributed by atoms with Crippen molar-refractivity contribution < 1.29 is 10.2 Å². The summed E-state index contributed by atoms with van der Waals surface area (Å²) in [6, 6.07) is 9.90. The average Bonchev–Trinajstić information content (AvgIpc) is 3.61. The number of likely N-dealkylation sites (tertiary alicyclic amines) is 1. The van der Waals surface area contributed by atoms with Crippen LogP contribution in [0.2, 0.25) is 5.28 Å². The van der Waals surface area contributed by atoms with E-state index >= 15 is 0 Å². The summed E-state index contributed by atoms with van der Waals surface area (Å²) in [6.45, 7) is 5.31. The van der Waals surface area contributed by atoms with Crippen molar-refractivity contribution in [2.24, 2.45) is 11.8 Å². The second kappa shape index (κ2) is 10.5. The topological polar surface area (TPSA) is 113 Å². The summed E-state index contributed by atoms with van der Waals surface area (Å²) in [4.78, 5) is 16.1. The third kappa shape index (κ3) is 4.71. The van der Waals surface area contributed by atoms with E-state index in [1.165, 1.54) is 5.56 Å². The van der Waals surface area contributed by atoms with Gasteiger partial charge in [0.1, 0.15) is 22.6 Å². The van der Waals surface area contributed by atoms with Crippen LogP contribution in [0.1, 0.15) is 43.5 Å². The van der Waals surface area contributed by atoms with E-state index in [1.54, 1.807) is 11.3 Å². The van der Waals surface area contributed by atoms with E-state index in [0.717, 1.165) is 55.2 Å². The van der Waals surface area contributed by atoms with E-state index in [4.69, 9.17) is 22.3 Å². The van der Waals surface area contributed by atoms with Gasteiger partial charge in [0, 0.05) is 23.6 Å². The number of halogens is 1. The van der Waals surface area contributed by atoms with Gasteiger partial charge < -0.3 is 25.4 Å². The molecule has 38 heavy (non-hydrogen) atoms. The maximum atomic E-state index is 11.3. The predicted molar refractivity (Wildman–Crippen MR) is 151 cm³/mol. The molecule has 0 radical (unpaired) electrons. The van der Waals surface area contributed by atoms with Gasteiger partial charge >= 0.3 is 0 Å². The summed E-state index contributed by atoms with van der Waals surface area (Å²) in [7, 11) is 0. The SMILES string of the molecule is CCN1CCC([C@H]2C[C@@H](n3cc(-c4nc(Cc5ccccc5)cs4)c4c(N)nc(Cl)nc43)[C@H](O)[C@@H]2O)CC1. The lowest BCUT2D eigenvalue weighted by atomic mass is 9.82. The molecule has 1 saturated carbocycles. The number of nitrogen functional groups attached to an aromatic ring is 1. The fourth-order valence-electron chi connectivity index (χ4n) is 6.37. The molecule has 200 valence electrons. The number of piperidine rings is 1. The molecular formula is C28H33ClN6O2S. The molecule has 2 fully saturated rings. The van der Waals surface area contributed by atoms with Crippen LogP contribution in [0.25, 0.3) is 21.6 Å². The minimum Gasteiger partial charge on any atom is -0.390 e. The van der Waals surface area contributed by atoms with Crippen LogP contribution in [0.3, 0.4) is 0 Å². The fourth-order valence-corrected chi connectivity index (χ4v) is 7.37. The van der Waals surface area contributed by atoms with Gasteiger partial charge in [-0.05, 0) is 67.9 Å². The van der Waals surface area contributed by atoms with Crippen LogP contribution in [0, 0.1) is 11.8 Å². The molecule has 1 aliphatic heterocycles. The number of hydrogen-bond acceptors (Lipinski definition) is 8. The first-order valence-corrected chi connectivity index (χ1v) is 14.6. The minimum atomic E-state index is -0.910. The summed E-state index contributed by atoms with van der Waals surface area (Å²) in [5.74, 6) is 0.698. The van der Waals surface area contributed by atoms with E-state index in [1.807, 2.05) is 29.0 Å². The van der Waals surface area contributed by atoms with Crippen LogP contribution in [-0.4, -0.2) is 66.5 Å². The highest BCUT2D eigenvalue weighted by Gasteiger charge is 2.46. The number of nitrogens with zero attached hydrogens (tertiary/aromatic N) is 5. The van der Waals surface area contributed by atoms with Crippen molar-refractivity contribution >= 4 is 39.8 Å². The van der Waals surface area contributed by atoms with Crippen LogP contribution in [0.4, 0.5) is 5.82 Å². The van der Waals surface area contributed by atoms with Crippen molar-refractivity contribution in [2.75, 3.05) is 25.4 Å². The van der Waals surface area contributed by atoms with Crippen LogP contribution in [-0.2, 0) is 6.42 Å². The Hall–Kier alpha value is -2.56. The maximum Gasteiger partial charge on any atom is 0.226 e. The standard InChI is InChI=1S/C28H33ClN6O2S/c1-2-34-10-8-17(9-11-34)19-13-21(24(37)23(19)36)35-14-20(22-25(30)32-28(29)33-26(22)35)27-31-18(15-38-27)12-16-6-4-3-5-7-16/h3-7,14-15,17,19,21,23-24,36-37H,2,8-13H2,1H3,(H2,30,32,33)/t19-,21-,23-,24+/m1/s1. The van der Waals surface area contributed by atoms with E-state index in [9.17, 15) is 10.2 Å². The van der Waals surface area contributed by atoms with Crippen molar-refractivity contribution in [3.05, 3.63) is 58.4 Å². The van der Waals surface area contributed by atoms with Gasteiger partial charge in [0.25, 0.3) is 0 Å². The van der Waals surface area contributed by atoms with Crippen LogP contribution in [0.5, 0.6) is 0 Å². The Bertz CT molecular complexity index is 1420. The Morgan fingerprint density at radius 3 is 2.58 bits per heavy atom. The third-order valence-corrected chi connectivity index (χ3v) is 9.52. The van der Waals surface area contributed by atoms with Crippen LogP contribution >= 0.6 is 22.9 Å². The Morgan fingerprint density at radius 2 is 1.84 bits per heavy atom. The molecule has 2 aliphatic rings. The van der Waals surface area contributed by atoms with Gasteiger partial charge in [0.05, 0.1) is 23.2 Å². The molecular weight excluding hydrogens is 520 g/mol. The molecule has 4 atom stereocenters. The first-order chi connectivity index (χ1) is 18.4. The highest BCUT2D eigenvalue weighted by Crippen LogP contribution is 2.46. The lowest BCUT2D eigenvalue weighted by Crippen LogP contribution is -2.39. The average molecular weight is 553 g/mol. The van der Waals surface area contributed by atoms with Gasteiger partial charge in [-0.2, -0.15) is 4.98 Å². The molecule has 1 aliphatic carbocycles. The second-order valence-corrected chi connectivity index (χ2v) is 11.7. The molecule has 1 aromatic carbocycles. The van der Waals surface area contributed by atoms with Gasteiger partial charge in [-0.3, -0.25) is 0 Å². The first kappa shape index (κ1) is 25.7. The van der Waals surface area contributed by atoms with Gasteiger partial charge in [-0.15, -0.1) is 11.3 Å². The van der Waals surface area contributed by atoms with E-state index in [-0.39, 0.29) is 23.1 Å². The molecule has 4 heterocycles. The number of benzene rings is 1. The summed E-state index contributed by atoms with van der Waals surface area (Å²) in [5, 5.41) is 26.0. The zero-order chi connectivity index (χ0) is 26.4. The van der Waals surface area contributed by atoms with Gasteiger partial charge in [0.2, 0.25) is 5.28 Å². The molecule has 0 amide bonds. The molecule has 10 heteroatoms. The molecule has 0 bridgehead atoms. The summed E-state index contributed by atoms with van der Waals surface area (Å²) in [5.41, 5.74) is 9.93. The van der Waals surface area contributed by atoms with Gasteiger partial charge in [-0.1, -0.05) is 37.3 Å². The van der Waals surface area contributed by atoms with E-state index in [2.05, 4.69) is 39.3 Å². The number of nitrogens with two attached hydrogens (primary N) is 1. The van der Waals surface area contributed by atoms with Crippen molar-refractivity contribution in [1.29, 1.82) is 0 Å². The van der Waals surface area contributed by atoms with Gasteiger partial charge in [-0.25, -0.2) is 9.97 Å². The normalized spacial score (nSPS) is 24.9. The lowest BCUT2D eigenvalue weighted by molar-refractivity contribution is -0.0120. The molecule has 1 saturated heterocycles. The summed E-state index contributed by atoms with van der Waals surface area (Å²) < 4.78 is 1.95. The number of hydrogen-bond donors (Lipinski definition) is 3. The number of thiazole rings is 1. The third-order valence-electron chi connectivity index (χ3n) is 8.42. The monoisotopic (exact) mass is 552 g/mol. The van der Waals surface area contributed by atoms with Crippen molar-refractivity contribution in [2.45, 2.75) is 50.9 Å². The molecule has 3 aromatic heterocycles. The number of anilines is 1. The Morgan fingerprint density at radius 1 is 1.08 bits per heavy atom. The minimum absolute atomic E-state index is 0.0295. The first-order valence-electron chi connectivity index (χ1n) is 13.3. The highest BCUT2D eigenvalue weighted by molar-refractivity contribution is 7.13. The molecule has 6 rings (SSSR count). The molecule has 0 spiro atoms. The zero-order valence-electron chi connectivity index (χ0n) is 21.4. The molecule has 8 nitrogen and oxygen atoms in total. The largest absolute Gasteiger partial charge is 0.390 e. The Kier molecular flexibility index (Phi) is 7.13.